The van der Waals surface area contributed by atoms with Crippen molar-refractivity contribution in [2.45, 2.75) is 13.0 Å². The van der Waals surface area contributed by atoms with E-state index in [1.165, 1.54) is 30.3 Å². The Kier molecular flexibility index (Phi) is 5.08. The standard InChI is InChI=1S/C17H18FN3O4/c1-11-19-14(8-16(22)20-11)15-9-21(6-7-24-15)17(23)10-25-13-4-2-12(18)3-5-13/h2-5,8,15H,6-7,9-10H2,1H3,(H,19,20,22)/t15-/m1/s1. The molecule has 3 rings (SSSR count). The molecule has 132 valence electrons. The lowest BCUT2D eigenvalue weighted by atomic mass is 10.2. The second kappa shape index (κ2) is 7.43. The molecule has 2 aromatic rings. The Labute approximate surface area is 143 Å². The molecule has 1 aromatic carbocycles. The molecular weight excluding hydrogens is 329 g/mol. The molecule has 1 aromatic heterocycles. The maximum Gasteiger partial charge on any atom is 0.260 e. The molecule has 1 saturated heterocycles. The van der Waals surface area contributed by atoms with E-state index < -0.39 is 6.10 Å². The van der Waals surface area contributed by atoms with Gasteiger partial charge >= 0.3 is 0 Å². The number of carbonyl (C=O) groups excluding carboxylic acids is 1. The van der Waals surface area contributed by atoms with Gasteiger partial charge in [0.1, 0.15) is 23.5 Å². The largest absolute Gasteiger partial charge is 0.484 e. The molecule has 0 spiro atoms. The molecule has 0 unspecified atom stereocenters. The molecule has 1 atom stereocenters. The topological polar surface area (TPSA) is 84.5 Å². The lowest BCUT2D eigenvalue weighted by Gasteiger charge is -2.32. The predicted molar refractivity (Wildman–Crippen MR) is 86.8 cm³/mol. The Morgan fingerprint density at radius 2 is 2.20 bits per heavy atom. The van der Waals surface area contributed by atoms with Crippen LogP contribution in [0.1, 0.15) is 17.6 Å². The second-order valence-corrected chi connectivity index (χ2v) is 5.70. The van der Waals surface area contributed by atoms with Crippen molar-refractivity contribution in [3.63, 3.8) is 0 Å². The van der Waals surface area contributed by atoms with E-state index in [1.54, 1.807) is 11.8 Å². The van der Waals surface area contributed by atoms with Crippen LogP contribution in [0.25, 0.3) is 0 Å². The third-order valence-electron chi connectivity index (χ3n) is 3.80. The highest BCUT2D eigenvalue weighted by molar-refractivity contribution is 5.77. The second-order valence-electron chi connectivity index (χ2n) is 5.70. The van der Waals surface area contributed by atoms with Gasteiger partial charge in [0.05, 0.1) is 18.8 Å². The summed E-state index contributed by atoms with van der Waals surface area (Å²) in [6.45, 7) is 2.61. The molecular formula is C17H18FN3O4. The van der Waals surface area contributed by atoms with Crippen LogP contribution < -0.4 is 10.3 Å². The number of rotatable bonds is 4. The zero-order valence-corrected chi connectivity index (χ0v) is 13.7. The van der Waals surface area contributed by atoms with Gasteiger partial charge in [-0.1, -0.05) is 0 Å². The average molecular weight is 347 g/mol. The van der Waals surface area contributed by atoms with Crippen LogP contribution in [-0.4, -0.2) is 47.1 Å². The van der Waals surface area contributed by atoms with E-state index in [1.807, 2.05) is 0 Å². The zero-order valence-electron chi connectivity index (χ0n) is 13.7. The Morgan fingerprint density at radius 3 is 2.92 bits per heavy atom. The SMILES string of the molecule is Cc1nc([C@H]2CN(C(=O)COc3ccc(F)cc3)CCO2)cc(=O)[nH]1. The Balaban J connectivity index is 1.61. The number of aryl methyl sites for hydroxylation is 1. The summed E-state index contributed by atoms with van der Waals surface area (Å²) in [7, 11) is 0. The summed E-state index contributed by atoms with van der Waals surface area (Å²) in [5.74, 6) is 0.343. The number of halogens is 1. The van der Waals surface area contributed by atoms with Crippen LogP contribution in [0.3, 0.4) is 0 Å². The Bertz CT molecular complexity index is 806. The fourth-order valence-corrected chi connectivity index (χ4v) is 2.59. The van der Waals surface area contributed by atoms with Gasteiger partial charge < -0.3 is 19.4 Å². The van der Waals surface area contributed by atoms with Crippen molar-refractivity contribution in [3.05, 3.63) is 58.0 Å². The number of nitrogens with one attached hydrogen (secondary N) is 1. The van der Waals surface area contributed by atoms with Gasteiger partial charge in [0, 0.05) is 12.6 Å². The number of morpholine rings is 1. The van der Waals surface area contributed by atoms with Gasteiger partial charge in [0.2, 0.25) is 0 Å². The van der Waals surface area contributed by atoms with Crippen LogP contribution in [0.2, 0.25) is 0 Å². The van der Waals surface area contributed by atoms with Crippen LogP contribution in [0.4, 0.5) is 4.39 Å². The van der Waals surface area contributed by atoms with Gasteiger partial charge in [-0.2, -0.15) is 0 Å². The molecule has 1 aliphatic rings. The van der Waals surface area contributed by atoms with Gasteiger partial charge in [0.25, 0.3) is 11.5 Å². The van der Waals surface area contributed by atoms with Crippen molar-refractivity contribution in [3.8, 4) is 5.75 Å². The van der Waals surface area contributed by atoms with Crippen LogP contribution in [0.5, 0.6) is 5.75 Å². The number of aromatic nitrogens is 2. The van der Waals surface area contributed by atoms with Gasteiger partial charge in [0.15, 0.2) is 6.61 Å². The third kappa shape index (κ3) is 4.42. The van der Waals surface area contributed by atoms with Crippen molar-refractivity contribution in [2.75, 3.05) is 26.3 Å². The van der Waals surface area contributed by atoms with E-state index in [2.05, 4.69) is 9.97 Å². The van der Waals surface area contributed by atoms with Crippen molar-refractivity contribution in [2.24, 2.45) is 0 Å². The minimum Gasteiger partial charge on any atom is -0.484 e. The van der Waals surface area contributed by atoms with Crippen LogP contribution in [0, 0.1) is 12.7 Å². The maximum atomic E-state index is 12.9. The summed E-state index contributed by atoms with van der Waals surface area (Å²) in [6.07, 6.45) is -0.454. The third-order valence-corrected chi connectivity index (χ3v) is 3.80. The van der Waals surface area contributed by atoms with Crippen molar-refractivity contribution in [1.82, 2.24) is 14.9 Å². The molecule has 1 amide bonds. The number of aromatic amines is 1. The van der Waals surface area contributed by atoms with E-state index in [0.29, 0.717) is 37.0 Å². The molecule has 1 fully saturated rings. The summed E-state index contributed by atoms with van der Waals surface area (Å²) in [5, 5.41) is 0. The zero-order chi connectivity index (χ0) is 17.8. The molecule has 7 nitrogen and oxygen atoms in total. The Morgan fingerprint density at radius 1 is 1.44 bits per heavy atom. The molecule has 0 bridgehead atoms. The van der Waals surface area contributed by atoms with Crippen LogP contribution >= 0.6 is 0 Å². The monoisotopic (exact) mass is 347 g/mol. The minimum absolute atomic E-state index is 0.153. The molecule has 0 saturated carbocycles. The van der Waals surface area contributed by atoms with Gasteiger partial charge in [-0.05, 0) is 31.2 Å². The first-order valence-corrected chi connectivity index (χ1v) is 7.87. The highest BCUT2D eigenvalue weighted by atomic mass is 19.1. The summed E-state index contributed by atoms with van der Waals surface area (Å²) in [5.41, 5.74) is 0.243. The number of amides is 1. The normalized spacial score (nSPS) is 17.4. The van der Waals surface area contributed by atoms with Gasteiger partial charge in [-0.15, -0.1) is 0 Å². The van der Waals surface area contributed by atoms with Crippen LogP contribution in [-0.2, 0) is 9.53 Å². The number of carbonyl (C=O) groups is 1. The lowest BCUT2D eigenvalue weighted by Crippen LogP contribution is -2.44. The summed E-state index contributed by atoms with van der Waals surface area (Å²) >= 11 is 0. The highest BCUT2D eigenvalue weighted by Crippen LogP contribution is 2.20. The summed E-state index contributed by atoms with van der Waals surface area (Å²) < 4.78 is 23.9. The quantitative estimate of drug-likeness (QED) is 0.898. The fourth-order valence-electron chi connectivity index (χ4n) is 2.59. The first-order chi connectivity index (χ1) is 12.0. The number of hydrogen-bond donors (Lipinski definition) is 1. The van der Waals surface area contributed by atoms with E-state index in [0.717, 1.165) is 0 Å². The molecule has 0 aliphatic carbocycles. The first-order valence-electron chi connectivity index (χ1n) is 7.87. The average Bonchev–Trinajstić information content (AvgIpc) is 2.60. The van der Waals surface area contributed by atoms with Gasteiger partial charge in [-0.25, -0.2) is 9.37 Å². The number of H-pyrrole nitrogens is 1. The molecule has 8 heteroatoms. The van der Waals surface area contributed by atoms with Crippen molar-refractivity contribution in [1.29, 1.82) is 0 Å². The molecule has 2 heterocycles. The highest BCUT2D eigenvalue weighted by Gasteiger charge is 2.27. The minimum atomic E-state index is -0.454. The summed E-state index contributed by atoms with van der Waals surface area (Å²) in [4.78, 5) is 32.4. The smallest absolute Gasteiger partial charge is 0.260 e. The van der Waals surface area contributed by atoms with E-state index in [4.69, 9.17) is 9.47 Å². The van der Waals surface area contributed by atoms with E-state index >= 15 is 0 Å². The molecule has 0 radical (unpaired) electrons. The fraction of sp³-hybridized carbons (Fsp3) is 0.353. The van der Waals surface area contributed by atoms with Crippen molar-refractivity contribution < 1.29 is 18.7 Å². The summed E-state index contributed by atoms with van der Waals surface area (Å²) in [6, 6.07) is 6.85. The lowest BCUT2D eigenvalue weighted by molar-refractivity contribution is -0.141. The number of hydrogen-bond acceptors (Lipinski definition) is 5. The molecule has 1 N–H and O–H groups in total. The predicted octanol–water partition coefficient (Wildman–Crippen LogP) is 1.20. The number of ether oxygens (including phenoxy) is 2. The maximum absolute atomic E-state index is 12.9. The molecule has 1 aliphatic heterocycles. The van der Waals surface area contributed by atoms with Crippen LogP contribution in [0.15, 0.2) is 35.1 Å². The number of nitrogens with zero attached hydrogens (tertiary/aromatic N) is 2. The number of benzene rings is 1. The van der Waals surface area contributed by atoms with E-state index in [9.17, 15) is 14.0 Å². The van der Waals surface area contributed by atoms with Crippen molar-refractivity contribution >= 4 is 5.91 Å². The Hall–Kier alpha value is -2.74. The first kappa shape index (κ1) is 17.1. The molecule has 25 heavy (non-hydrogen) atoms. The van der Waals surface area contributed by atoms with E-state index in [-0.39, 0.29) is 23.9 Å². The van der Waals surface area contributed by atoms with Gasteiger partial charge in [-0.3, -0.25) is 9.59 Å².